The largest absolute Gasteiger partial charge is 0.508 e. The number of hydrogen-bond acceptors (Lipinski definition) is 25. The summed E-state index contributed by atoms with van der Waals surface area (Å²) in [5.74, 6) is -8.31. The number of hydrazine groups is 1. The van der Waals surface area contributed by atoms with E-state index >= 15 is 4.79 Å². The quantitative estimate of drug-likeness (QED) is 0.0113. The van der Waals surface area contributed by atoms with Gasteiger partial charge in [-0.3, -0.25) is 53.5 Å². The molecular weight excluding hydrogens is 1280 g/mol. The third-order valence-corrected chi connectivity index (χ3v) is 19.7. The first-order valence-electron chi connectivity index (χ1n) is 31.8. The van der Waals surface area contributed by atoms with Gasteiger partial charge < -0.3 is 70.8 Å². The van der Waals surface area contributed by atoms with Crippen LogP contribution in [0.25, 0.3) is 0 Å². The monoisotopic (exact) mass is 1380 g/mol. The molecule has 0 saturated carbocycles. The van der Waals surface area contributed by atoms with Crippen molar-refractivity contribution in [1.82, 2.24) is 41.6 Å². The number of phenols is 1. The lowest BCUT2D eigenvalue weighted by molar-refractivity contribution is -0.162. The van der Waals surface area contributed by atoms with Gasteiger partial charge in [0.05, 0.1) is 30.7 Å². The number of likely N-dealkylation sites (N-methyl/N-ethyl adjacent to an activating group) is 2. The number of piperidine rings is 1. The molecule has 0 radical (unpaired) electrons. The Morgan fingerprint density at radius 3 is 2.16 bits per heavy atom. The van der Waals surface area contributed by atoms with Crippen LogP contribution in [-0.2, 0) is 59.0 Å². The number of amides is 5. The number of aliphatic carboxylic acids is 1. The molecule has 1 aromatic carbocycles. The average molecular weight is 1390 g/mol. The molecule has 1 aromatic heterocycles. The van der Waals surface area contributed by atoms with Crippen molar-refractivity contribution in [2.45, 2.75) is 187 Å². The van der Waals surface area contributed by atoms with Gasteiger partial charge in [-0.15, -0.1) is 11.3 Å². The lowest BCUT2D eigenvalue weighted by atomic mass is 9.82. The van der Waals surface area contributed by atoms with Crippen molar-refractivity contribution >= 4 is 92.1 Å². The lowest BCUT2D eigenvalue weighted by Gasteiger charge is -2.39. The number of carboxylic acid groups (broad SMARTS) is 1. The van der Waals surface area contributed by atoms with Gasteiger partial charge in [0, 0.05) is 86.4 Å². The van der Waals surface area contributed by atoms with Crippen LogP contribution in [0.3, 0.4) is 0 Å². The number of thiazole rings is 1. The SMILES string of the molecule is CCC(C)[C@H](CC(=O)[C@H]1CCCCN1C)C(=O)N(COC(=O)CC(C)C)[C@H](C[C@@H](OC(C)=O)c1nc(C(=O)N[C@@H](Cc2ccc(O)cc2)C[C@H](C)C(=O)NNC(=O)OCCSSC[C@H](CC(=O)[C@H](CCC(=O)NC[C@H](O)[C@@H](O)[C@H](O)[C@H](O)CO)NC)C(=O)O)cs1)C(C)C. The van der Waals surface area contributed by atoms with Crippen LogP contribution in [0.5, 0.6) is 5.75 Å². The van der Waals surface area contributed by atoms with Crippen LogP contribution in [0.1, 0.15) is 153 Å². The van der Waals surface area contributed by atoms with E-state index in [1.54, 1.807) is 19.1 Å². The highest BCUT2D eigenvalue weighted by Gasteiger charge is 2.40. The van der Waals surface area contributed by atoms with Gasteiger partial charge in [-0.2, -0.15) is 0 Å². The number of aromatic nitrogens is 1. The van der Waals surface area contributed by atoms with E-state index in [0.29, 0.717) is 18.4 Å². The minimum atomic E-state index is -1.88. The Morgan fingerprint density at radius 2 is 1.55 bits per heavy atom. The van der Waals surface area contributed by atoms with E-state index in [1.807, 2.05) is 53.5 Å². The van der Waals surface area contributed by atoms with Crippen LogP contribution in [-0.4, -0.2) is 217 Å². The predicted octanol–water partition coefficient (Wildman–Crippen LogP) is 3.44. The summed E-state index contributed by atoms with van der Waals surface area (Å²) in [5, 5.41) is 77.8. The number of carbonyl (C=O) groups is 10. The molecule has 1 unspecified atom stereocenters. The molecule has 1 aliphatic heterocycles. The summed E-state index contributed by atoms with van der Waals surface area (Å²) in [5.41, 5.74) is 5.15. The molecule has 12 N–H and O–H groups in total. The van der Waals surface area contributed by atoms with Crippen molar-refractivity contribution in [3.63, 3.8) is 0 Å². The van der Waals surface area contributed by atoms with E-state index in [9.17, 15) is 73.8 Å². The Kier molecular flexibility index (Phi) is 37.2. The second-order valence-corrected chi connectivity index (χ2v) is 28.2. The maximum absolute atomic E-state index is 15.1. The van der Waals surface area contributed by atoms with Gasteiger partial charge in [-0.1, -0.05) is 95.0 Å². The van der Waals surface area contributed by atoms with E-state index in [-0.39, 0.29) is 121 Å². The highest BCUT2D eigenvalue weighted by molar-refractivity contribution is 8.76. The van der Waals surface area contributed by atoms with Crippen molar-refractivity contribution in [2.24, 2.45) is 35.5 Å². The zero-order chi connectivity index (χ0) is 70.4. The Hall–Kier alpha value is -6.03. The minimum absolute atomic E-state index is 0.00576. The number of rotatable bonds is 43. The Bertz CT molecular complexity index is 2750. The summed E-state index contributed by atoms with van der Waals surface area (Å²) >= 11 is 1.05. The standard InChI is InChI=1S/C63H100N8O20S3/c1-11-37(6)44(28-50(76)47-14-12-13-21-70(47)10)61(85)71(34-90-55(80)24-35(2)3)48(36(4)5)29-53(91-39(8)73)60-67-46(33-92-60)59(84)66-42(26-40-15-17-43(74)18-16-40)25-38(7)58(83)68-69-63(88)89-22-23-93-94-32-41(62(86)87)27-49(75)45(64-9)19-20-54(79)65-30-51(77)56(81)57(82)52(78)31-72/h15-18,33,35-38,41-42,44-45,47-48,51-53,56-57,64,72,74,77-78,81-82H,11-14,19-32,34H2,1-10H3,(H,65,79)(H,66,84)(H,68,83)(H,69,88)(H,86,87)/t37?,38-,41-,42+,44-,45-,47+,48+,51-,52+,53+,56+,57+/m0/s1. The molecule has 31 heteroatoms. The third-order valence-electron chi connectivity index (χ3n) is 16.3. The topological polar surface area (TPSA) is 420 Å². The summed E-state index contributed by atoms with van der Waals surface area (Å²) in [6.45, 7) is 13.0. The zero-order valence-corrected chi connectivity index (χ0v) is 57.9. The third kappa shape index (κ3) is 28.7. The molecule has 2 aromatic rings. The number of aliphatic hydroxyl groups is 5. The van der Waals surface area contributed by atoms with Gasteiger partial charge in [0.25, 0.3) is 5.91 Å². The molecule has 2 heterocycles. The van der Waals surface area contributed by atoms with Gasteiger partial charge >= 0.3 is 24.0 Å². The number of ether oxygens (including phenoxy) is 3. The average Bonchev–Trinajstić information content (AvgIpc) is 1.49. The number of likely N-dealkylation sites (tertiary alicyclic amines) is 1. The number of aliphatic hydroxyl groups excluding tert-OH is 5. The van der Waals surface area contributed by atoms with Crippen LogP contribution >= 0.6 is 32.9 Å². The molecular formula is C63H100N8O20S3. The van der Waals surface area contributed by atoms with E-state index in [4.69, 9.17) is 19.3 Å². The Balaban J connectivity index is 1.66. The highest BCUT2D eigenvalue weighted by atomic mass is 33.1. The number of aromatic hydroxyl groups is 1. The number of benzene rings is 1. The van der Waals surface area contributed by atoms with Crippen molar-refractivity contribution in [1.29, 1.82) is 0 Å². The molecule has 0 spiro atoms. The second-order valence-electron chi connectivity index (χ2n) is 24.6. The summed E-state index contributed by atoms with van der Waals surface area (Å²) in [7, 11) is 5.66. The first-order valence-corrected chi connectivity index (χ1v) is 35.2. The summed E-state index contributed by atoms with van der Waals surface area (Å²) < 4.78 is 16.9. The molecule has 530 valence electrons. The molecule has 94 heavy (non-hydrogen) atoms. The number of carboxylic acids is 1. The first-order chi connectivity index (χ1) is 44.4. The van der Waals surface area contributed by atoms with E-state index in [0.717, 1.165) is 52.3 Å². The molecule has 1 saturated heterocycles. The van der Waals surface area contributed by atoms with Gasteiger partial charge in [0.15, 0.2) is 24.4 Å². The number of esters is 2. The molecule has 0 aliphatic carbocycles. The zero-order valence-electron chi connectivity index (χ0n) is 55.5. The fourth-order valence-corrected chi connectivity index (χ4v) is 13.5. The number of ketones is 2. The van der Waals surface area contributed by atoms with Crippen LogP contribution in [0.4, 0.5) is 4.79 Å². The fourth-order valence-electron chi connectivity index (χ4n) is 10.5. The van der Waals surface area contributed by atoms with Gasteiger partial charge in [-0.05, 0) is 88.2 Å². The number of hydrogen-bond donors (Lipinski definition) is 12. The number of phenolic OH excluding ortho intramolecular Hbond substituents is 1. The van der Waals surface area contributed by atoms with Crippen molar-refractivity contribution < 1.29 is 97.9 Å². The number of nitrogens with zero attached hydrogens (tertiary/aromatic N) is 3. The molecule has 1 aliphatic rings. The van der Waals surface area contributed by atoms with Crippen molar-refractivity contribution in [3.8, 4) is 5.75 Å². The van der Waals surface area contributed by atoms with Crippen LogP contribution < -0.4 is 26.8 Å². The van der Waals surface area contributed by atoms with Gasteiger partial charge in [-0.25, -0.2) is 15.2 Å². The number of Topliss-reactive ketones (excluding diaryl/α,β-unsaturated/α-hetero) is 2. The fraction of sp³-hybridized carbons (Fsp3) is 0.698. The lowest BCUT2D eigenvalue weighted by Crippen LogP contribution is -2.50. The summed E-state index contributed by atoms with van der Waals surface area (Å²) in [6, 6.07) is 3.55. The van der Waals surface area contributed by atoms with Crippen LogP contribution in [0.2, 0.25) is 0 Å². The molecule has 3 rings (SSSR count). The van der Waals surface area contributed by atoms with Gasteiger partial charge in [0.1, 0.15) is 41.4 Å². The van der Waals surface area contributed by atoms with Crippen LogP contribution in [0, 0.1) is 35.5 Å². The first kappa shape index (κ1) is 82.2. The minimum Gasteiger partial charge on any atom is -0.508 e. The normalized spacial score (nSPS) is 17.3. The number of carbonyl (C=O) groups excluding carboxylic acids is 9. The molecule has 0 bridgehead atoms. The Morgan fingerprint density at radius 1 is 0.872 bits per heavy atom. The number of nitrogens with one attached hydrogen (secondary N) is 5. The Labute approximate surface area is 561 Å². The maximum atomic E-state index is 15.1. The molecule has 28 nitrogen and oxygen atoms in total. The van der Waals surface area contributed by atoms with E-state index in [1.165, 1.54) is 36.4 Å². The smallest absolute Gasteiger partial charge is 0.426 e. The van der Waals surface area contributed by atoms with Crippen molar-refractivity contribution in [2.75, 3.05) is 58.6 Å². The highest BCUT2D eigenvalue weighted by Crippen LogP contribution is 2.34. The van der Waals surface area contributed by atoms with Gasteiger partial charge in [0.2, 0.25) is 17.7 Å². The molecule has 1 fully saturated rings. The van der Waals surface area contributed by atoms with E-state index in [2.05, 4.69) is 31.8 Å². The van der Waals surface area contributed by atoms with Crippen molar-refractivity contribution in [3.05, 3.63) is 45.9 Å². The summed E-state index contributed by atoms with van der Waals surface area (Å²) in [4.78, 5) is 141. The maximum Gasteiger partial charge on any atom is 0.426 e. The van der Waals surface area contributed by atoms with Crippen LogP contribution in [0.15, 0.2) is 29.6 Å². The molecule has 13 atom stereocenters. The second kappa shape index (κ2) is 42.5. The summed E-state index contributed by atoms with van der Waals surface area (Å²) in [6.07, 6.45) is -6.48. The van der Waals surface area contributed by atoms with E-state index < -0.39 is 134 Å². The predicted molar refractivity (Wildman–Crippen MR) is 351 cm³/mol. The molecule has 5 amide bonds.